The van der Waals surface area contributed by atoms with Gasteiger partial charge in [-0.05, 0) is 51.5 Å². The third-order valence-corrected chi connectivity index (χ3v) is 6.00. The highest BCUT2D eigenvalue weighted by atomic mass is 16.4. The van der Waals surface area contributed by atoms with Crippen LogP contribution >= 0.6 is 0 Å². The Morgan fingerprint density at radius 1 is 0.700 bits per heavy atom. The number of carbonyl (C=O) groups excluding carboxylic acids is 3. The lowest BCUT2D eigenvalue weighted by Gasteiger charge is -2.25. The zero-order chi connectivity index (χ0) is 30.5. The van der Waals surface area contributed by atoms with Gasteiger partial charge in [-0.2, -0.15) is 0 Å². The first-order chi connectivity index (χ1) is 18.9. The third kappa shape index (κ3) is 17.0. The second-order valence-electron chi connectivity index (χ2n) is 9.52. The van der Waals surface area contributed by atoms with Crippen LogP contribution in [0.3, 0.4) is 0 Å². The van der Waals surface area contributed by atoms with Crippen LogP contribution in [-0.2, 0) is 19.2 Å². The summed E-state index contributed by atoms with van der Waals surface area (Å²) >= 11 is 0. The number of unbranched alkanes of at least 4 members (excludes halogenated alkanes) is 2. The molecule has 0 aliphatic heterocycles. The molecule has 0 unspecified atom stereocenters. The van der Waals surface area contributed by atoms with Crippen LogP contribution in [0.1, 0.15) is 71.1 Å². The molecular formula is C24H49N11O5. The lowest BCUT2D eigenvalue weighted by Crippen LogP contribution is -2.57. The second kappa shape index (κ2) is 21.2. The van der Waals surface area contributed by atoms with Crippen molar-refractivity contribution in [3.05, 3.63) is 0 Å². The summed E-state index contributed by atoms with van der Waals surface area (Å²) in [7, 11) is 0. The molecule has 0 aliphatic rings. The quantitative estimate of drug-likeness (QED) is 0.0372. The molecule has 0 saturated carbocycles. The van der Waals surface area contributed by atoms with Gasteiger partial charge in [0.2, 0.25) is 17.7 Å². The van der Waals surface area contributed by atoms with Crippen LogP contribution in [0, 0.1) is 10.8 Å². The zero-order valence-electron chi connectivity index (χ0n) is 23.4. The van der Waals surface area contributed by atoms with E-state index in [4.69, 9.17) is 33.8 Å². The molecule has 0 radical (unpaired) electrons. The lowest BCUT2D eigenvalue weighted by molar-refractivity contribution is -0.142. The van der Waals surface area contributed by atoms with Gasteiger partial charge in [-0.15, -0.1) is 0 Å². The van der Waals surface area contributed by atoms with E-state index in [1.807, 2.05) is 6.92 Å². The molecule has 4 atom stereocenters. The number of carbonyl (C=O) groups is 4. The maximum atomic E-state index is 13.2. The molecule has 16 N–H and O–H groups in total. The van der Waals surface area contributed by atoms with Gasteiger partial charge >= 0.3 is 5.97 Å². The van der Waals surface area contributed by atoms with Crippen molar-refractivity contribution in [1.29, 1.82) is 10.8 Å². The predicted molar refractivity (Wildman–Crippen MR) is 152 cm³/mol. The monoisotopic (exact) mass is 571 g/mol. The molecule has 40 heavy (non-hydrogen) atoms. The number of carboxylic acids is 1. The average molecular weight is 572 g/mol. The van der Waals surface area contributed by atoms with Crippen LogP contribution in [0.2, 0.25) is 0 Å². The molecule has 0 aromatic heterocycles. The van der Waals surface area contributed by atoms with E-state index in [1.165, 1.54) is 0 Å². The topological polar surface area (TPSA) is 300 Å². The van der Waals surface area contributed by atoms with Gasteiger partial charge in [0.15, 0.2) is 11.9 Å². The van der Waals surface area contributed by atoms with Gasteiger partial charge in [-0.1, -0.05) is 26.2 Å². The molecule has 0 spiro atoms. The van der Waals surface area contributed by atoms with Crippen LogP contribution in [0.15, 0.2) is 0 Å². The smallest absolute Gasteiger partial charge is 0.326 e. The van der Waals surface area contributed by atoms with E-state index in [0.717, 1.165) is 12.8 Å². The number of hydrogen-bond acceptors (Lipinski definition) is 8. The largest absolute Gasteiger partial charge is 0.480 e. The van der Waals surface area contributed by atoms with Crippen molar-refractivity contribution in [3.8, 4) is 0 Å². The van der Waals surface area contributed by atoms with Crippen molar-refractivity contribution in [3.63, 3.8) is 0 Å². The van der Waals surface area contributed by atoms with E-state index < -0.39 is 47.9 Å². The summed E-state index contributed by atoms with van der Waals surface area (Å²) in [5.41, 5.74) is 22.0. The molecule has 230 valence electrons. The Kier molecular flexibility index (Phi) is 19.3. The average Bonchev–Trinajstić information content (AvgIpc) is 2.89. The van der Waals surface area contributed by atoms with Crippen molar-refractivity contribution in [2.45, 2.75) is 95.3 Å². The number of nitrogens with two attached hydrogens (primary N) is 4. The summed E-state index contributed by atoms with van der Waals surface area (Å²) < 4.78 is 0. The van der Waals surface area contributed by atoms with Crippen LogP contribution in [-0.4, -0.2) is 84.5 Å². The van der Waals surface area contributed by atoms with E-state index >= 15 is 0 Å². The number of rotatable bonds is 22. The molecule has 0 saturated heterocycles. The first-order valence-electron chi connectivity index (χ1n) is 13.7. The van der Waals surface area contributed by atoms with Crippen LogP contribution in [0.4, 0.5) is 0 Å². The zero-order valence-corrected chi connectivity index (χ0v) is 23.4. The van der Waals surface area contributed by atoms with Gasteiger partial charge in [0.05, 0.1) is 6.04 Å². The summed E-state index contributed by atoms with van der Waals surface area (Å²) in [5.74, 6) is -3.53. The van der Waals surface area contributed by atoms with Crippen molar-refractivity contribution >= 4 is 35.6 Å². The number of nitrogens with one attached hydrogen (secondary N) is 7. The van der Waals surface area contributed by atoms with Gasteiger partial charge in [-0.3, -0.25) is 25.2 Å². The SMILES string of the molecule is CCCC[C@H](NC(=O)[C@@H](N)CCCCN)C(=O)N[C@@H](CCCNC(=N)N)C(=O)N[C@@H](CCCNC(=N)N)C(=O)O. The van der Waals surface area contributed by atoms with Gasteiger partial charge in [-0.25, -0.2) is 4.79 Å². The van der Waals surface area contributed by atoms with E-state index in [-0.39, 0.29) is 37.9 Å². The van der Waals surface area contributed by atoms with Crippen LogP contribution in [0.5, 0.6) is 0 Å². The molecule has 16 heteroatoms. The molecule has 0 aromatic rings. The standard InChI is InChI=1S/C24H49N11O5/c1-2-3-9-16(33-19(36)15(26)8-4-5-12-25)20(37)34-17(10-6-13-31-23(27)28)21(38)35-18(22(39)40)11-7-14-32-24(29)30/h15-18H,2-14,25-26H2,1H3,(H,33,36)(H,34,37)(H,35,38)(H,39,40)(H4,27,28,31)(H4,29,30,32)/t15-,16-,17-,18-/m0/s1. The molecule has 3 amide bonds. The Labute approximate surface area is 235 Å². The highest BCUT2D eigenvalue weighted by Gasteiger charge is 2.30. The number of hydrogen-bond donors (Lipinski definition) is 12. The van der Waals surface area contributed by atoms with Crippen molar-refractivity contribution in [1.82, 2.24) is 26.6 Å². The van der Waals surface area contributed by atoms with E-state index in [1.54, 1.807) is 0 Å². The fraction of sp³-hybridized carbons (Fsp3) is 0.750. The predicted octanol–water partition coefficient (Wildman–Crippen LogP) is -2.30. The van der Waals surface area contributed by atoms with Crippen molar-refractivity contribution in [2.24, 2.45) is 22.9 Å². The number of amides is 3. The molecule has 0 aromatic carbocycles. The van der Waals surface area contributed by atoms with Crippen LogP contribution < -0.4 is 49.5 Å². The van der Waals surface area contributed by atoms with E-state index in [2.05, 4.69) is 26.6 Å². The van der Waals surface area contributed by atoms with Gasteiger partial charge in [0, 0.05) is 13.1 Å². The Morgan fingerprint density at radius 2 is 1.15 bits per heavy atom. The fourth-order valence-corrected chi connectivity index (χ4v) is 3.72. The maximum Gasteiger partial charge on any atom is 0.326 e. The molecule has 0 bridgehead atoms. The van der Waals surface area contributed by atoms with E-state index in [0.29, 0.717) is 45.1 Å². The summed E-state index contributed by atoms with van der Waals surface area (Å²) in [4.78, 5) is 50.7. The highest BCUT2D eigenvalue weighted by molar-refractivity contribution is 5.94. The fourth-order valence-electron chi connectivity index (χ4n) is 3.72. The Bertz CT molecular complexity index is 827. The van der Waals surface area contributed by atoms with Gasteiger partial charge < -0.3 is 54.6 Å². The van der Waals surface area contributed by atoms with E-state index in [9.17, 15) is 24.3 Å². The first-order valence-corrected chi connectivity index (χ1v) is 13.7. The Hall–Kier alpha value is -3.66. The van der Waals surface area contributed by atoms with Crippen molar-refractivity contribution in [2.75, 3.05) is 19.6 Å². The number of carboxylic acid groups (broad SMARTS) is 1. The molecule has 0 heterocycles. The molecule has 16 nitrogen and oxygen atoms in total. The normalized spacial score (nSPS) is 13.7. The lowest BCUT2D eigenvalue weighted by atomic mass is 10.0. The minimum absolute atomic E-state index is 0.0607. The third-order valence-electron chi connectivity index (χ3n) is 6.00. The number of aliphatic carboxylic acids is 1. The summed E-state index contributed by atoms with van der Waals surface area (Å²) in [6, 6.07) is -4.10. The molecule has 0 aliphatic carbocycles. The highest BCUT2D eigenvalue weighted by Crippen LogP contribution is 2.07. The molecular weight excluding hydrogens is 522 g/mol. The summed E-state index contributed by atoms with van der Waals surface area (Å²) in [5, 5.41) is 37.0. The first kappa shape index (κ1) is 36.3. The molecule has 0 fully saturated rings. The molecule has 0 rings (SSSR count). The minimum Gasteiger partial charge on any atom is -0.480 e. The van der Waals surface area contributed by atoms with Crippen LogP contribution in [0.25, 0.3) is 0 Å². The minimum atomic E-state index is -1.25. The Morgan fingerprint density at radius 3 is 1.60 bits per heavy atom. The van der Waals surface area contributed by atoms with Crippen molar-refractivity contribution < 1.29 is 24.3 Å². The summed E-state index contributed by atoms with van der Waals surface area (Å²) in [6.07, 6.45) is 4.35. The number of guanidine groups is 2. The van der Waals surface area contributed by atoms with Gasteiger partial charge in [0.25, 0.3) is 0 Å². The Balaban J connectivity index is 5.50. The maximum absolute atomic E-state index is 13.2. The van der Waals surface area contributed by atoms with Gasteiger partial charge in [0.1, 0.15) is 18.1 Å². The second-order valence-corrected chi connectivity index (χ2v) is 9.52. The summed E-state index contributed by atoms with van der Waals surface area (Å²) in [6.45, 7) is 2.92.